The van der Waals surface area contributed by atoms with Crippen LogP contribution in [0.3, 0.4) is 0 Å². The number of nitrogens with zero attached hydrogens (tertiary/aromatic N) is 2. The lowest BCUT2D eigenvalue weighted by Gasteiger charge is -2.32. The molecule has 184 valence electrons. The highest BCUT2D eigenvalue weighted by molar-refractivity contribution is 7.89. The van der Waals surface area contributed by atoms with Crippen molar-refractivity contribution in [3.8, 4) is 0 Å². The Bertz CT molecular complexity index is 1090. The molecule has 2 aromatic carbocycles. The Morgan fingerprint density at radius 2 is 1.68 bits per heavy atom. The van der Waals surface area contributed by atoms with Crippen LogP contribution in [0.15, 0.2) is 53.4 Å². The number of rotatable bonds is 8. The van der Waals surface area contributed by atoms with Crippen molar-refractivity contribution in [2.75, 3.05) is 26.2 Å². The molecule has 1 saturated heterocycles. The number of aryl methyl sites for hydroxylation is 1. The summed E-state index contributed by atoms with van der Waals surface area (Å²) in [5.74, 6) is -0.405. The maximum Gasteiger partial charge on any atom is 0.253 e. The second-order valence-corrected chi connectivity index (χ2v) is 10.8. The molecule has 1 N–H and O–H groups in total. The Kier molecular flexibility index (Phi) is 8.49. The average Bonchev–Trinajstić information content (AvgIpc) is 2.84. The van der Waals surface area contributed by atoms with Crippen LogP contribution in [0.4, 0.5) is 0 Å². The minimum absolute atomic E-state index is 0.0458. The number of benzene rings is 2. The van der Waals surface area contributed by atoms with Gasteiger partial charge < -0.3 is 10.2 Å². The number of nitrogens with one attached hydrogen (secondary N) is 1. The van der Waals surface area contributed by atoms with Crippen LogP contribution in [0.5, 0.6) is 0 Å². The lowest BCUT2D eigenvalue weighted by molar-refractivity contribution is -0.127. The molecule has 7 nitrogen and oxygen atoms in total. The summed E-state index contributed by atoms with van der Waals surface area (Å²) in [5.41, 5.74) is 2.56. The summed E-state index contributed by atoms with van der Waals surface area (Å²) in [7, 11) is -3.51. The van der Waals surface area contributed by atoms with Gasteiger partial charge in [0.2, 0.25) is 15.9 Å². The van der Waals surface area contributed by atoms with Gasteiger partial charge in [0, 0.05) is 31.7 Å². The first kappa shape index (κ1) is 25.9. The molecule has 0 bridgehead atoms. The van der Waals surface area contributed by atoms with Crippen molar-refractivity contribution in [3.05, 3.63) is 65.2 Å². The summed E-state index contributed by atoms with van der Waals surface area (Å²) in [5, 5.41) is 3.04. The lowest BCUT2D eigenvalue weighted by atomic mass is 9.95. The Balaban J connectivity index is 1.62. The van der Waals surface area contributed by atoms with E-state index in [2.05, 4.69) is 5.32 Å². The fourth-order valence-corrected chi connectivity index (χ4v) is 5.77. The van der Waals surface area contributed by atoms with Crippen molar-refractivity contribution < 1.29 is 18.0 Å². The van der Waals surface area contributed by atoms with Crippen molar-refractivity contribution >= 4 is 21.8 Å². The Hall–Kier alpha value is -2.71. The summed E-state index contributed by atoms with van der Waals surface area (Å²) < 4.78 is 26.8. The number of carbonyl (C=O) groups is 2. The molecule has 8 heteroatoms. The molecule has 1 aliphatic heterocycles. The van der Waals surface area contributed by atoms with Crippen LogP contribution >= 0.6 is 0 Å². The van der Waals surface area contributed by atoms with E-state index in [0.29, 0.717) is 31.7 Å². The molecule has 2 amide bonds. The lowest BCUT2D eigenvalue weighted by Crippen LogP contribution is -2.45. The van der Waals surface area contributed by atoms with E-state index in [1.807, 2.05) is 52.0 Å². The van der Waals surface area contributed by atoms with Gasteiger partial charge in [0.25, 0.3) is 5.91 Å². The van der Waals surface area contributed by atoms with Crippen LogP contribution in [0.2, 0.25) is 0 Å². The zero-order valence-corrected chi connectivity index (χ0v) is 21.3. The van der Waals surface area contributed by atoms with Gasteiger partial charge in [-0.05, 0) is 56.5 Å². The molecule has 0 radical (unpaired) electrons. The average molecular weight is 486 g/mol. The zero-order chi connectivity index (χ0) is 24.9. The maximum atomic E-state index is 13.0. The number of hydrogen-bond acceptors (Lipinski definition) is 4. The molecule has 1 fully saturated rings. The zero-order valence-electron chi connectivity index (χ0n) is 20.5. The van der Waals surface area contributed by atoms with Crippen LogP contribution in [0.25, 0.3) is 0 Å². The molecule has 1 heterocycles. The van der Waals surface area contributed by atoms with E-state index in [1.54, 1.807) is 29.2 Å². The number of likely N-dealkylation sites (tertiary alicyclic amines) is 1. The molecule has 0 aromatic heterocycles. The highest BCUT2D eigenvalue weighted by Crippen LogP contribution is 2.22. The summed E-state index contributed by atoms with van der Waals surface area (Å²) in [6, 6.07) is 13.9. The molecule has 34 heavy (non-hydrogen) atoms. The van der Waals surface area contributed by atoms with Gasteiger partial charge >= 0.3 is 0 Å². The maximum absolute atomic E-state index is 13.0. The minimum Gasteiger partial charge on any atom is -0.349 e. The van der Waals surface area contributed by atoms with E-state index in [9.17, 15) is 18.0 Å². The first-order valence-electron chi connectivity index (χ1n) is 11.9. The third-order valence-corrected chi connectivity index (χ3v) is 8.52. The fraction of sp³-hybridized carbons (Fsp3) is 0.462. The van der Waals surface area contributed by atoms with E-state index >= 15 is 0 Å². The monoisotopic (exact) mass is 485 g/mol. The molecule has 0 spiro atoms. The summed E-state index contributed by atoms with van der Waals surface area (Å²) in [6.07, 6.45) is 1.51. The Morgan fingerprint density at radius 3 is 2.26 bits per heavy atom. The molecular formula is C26H35N3O4S. The van der Waals surface area contributed by atoms with Crippen LogP contribution in [-0.4, -0.2) is 55.6 Å². The third-order valence-electron chi connectivity index (χ3n) is 6.46. The highest BCUT2D eigenvalue weighted by atomic mass is 32.2. The second kappa shape index (κ2) is 11.1. The van der Waals surface area contributed by atoms with E-state index in [1.165, 1.54) is 4.31 Å². The quantitative estimate of drug-likeness (QED) is 0.617. The van der Waals surface area contributed by atoms with Crippen LogP contribution in [0.1, 0.15) is 61.1 Å². The second-order valence-electron chi connectivity index (χ2n) is 8.84. The number of sulfonamides is 1. The van der Waals surface area contributed by atoms with E-state index in [4.69, 9.17) is 0 Å². The molecular weight excluding hydrogens is 450 g/mol. The first-order chi connectivity index (χ1) is 16.2. The molecule has 3 rings (SSSR count). The van der Waals surface area contributed by atoms with Crippen molar-refractivity contribution in [2.45, 2.75) is 51.5 Å². The van der Waals surface area contributed by atoms with Gasteiger partial charge in [0.1, 0.15) is 0 Å². The minimum atomic E-state index is -3.51. The van der Waals surface area contributed by atoms with Crippen LogP contribution in [0, 0.1) is 12.8 Å². The molecule has 2 unspecified atom stereocenters. The van der Waals surface area contributed by atoms with Gasteiger partial charge in [-0.2, -0.15) is 4.31 Å². The largest absolute Gasteiger partial charge is 0.349 e. The van der Waals surface area contributed by atoms with E-state index in [0.717, 1.165) is 24.0 Å². The Labute approximate surface area is 203 Å². The van der Waals surface area contributed by atoms with Crippen LogP contribution in [-0.2, 0) is 14.8 Å². The number of carbonyl (C=O) groups excluding carboxylic acids is 2. The summed E-state index contributed by atoms with van der Waals surface area (Å²) in [6.45, 7) is 9.36. The topological polar surface area (TPSA) is 86.8 Å². The SMILES string of the molecule is CCN(CC)S(=O)(=O)c1ccc(C(C)NC(=O)C2CCCN(C(=O)c3ccc(C)cc3)C2)cc1. The summed E-state index contributed by atoms with van der Waals surface area (Å²) in [4.78, 5) is 27.8. The van der Waals surface area contributed by atoms with Gasteiger partial charge in [-0.25, -0.2) is 8.42 Å². The van der Waals surface area contributed by atoms with E-state index in [-0.39, 0.29) is 28.7 Å². The smallest absolute Gasteiger partial charge is 0.253 e. The van der Waals surface area contributed by atoms with Crippen molar-refractivity contribution in [1.82, 2.24) is 14.5 Å². The summed E-state index contributed by atoms with van der Waals surface area (Å²) >= 11 is 0. The number of hydrogen-bond donors (Lipinski definition) is 1. The van der Waals surface area contributed by atoms with Gasteiger partial charge in [0.15, 0.2) is 0 Å². The van der Waals surface area contributed by atoms with Crippen LogP contribution < -0.4 is 5.32 Å². The van der Waals surface area contributed by atoms with Crippen molar-refractivity contribution in [3.63, 3.8) is 0 Å². The molecule has 2 aromatic rings. The van der Waals surface area contributed by atoms with E-state index < -0.39 is 10.0 Å². The normalized spacial score (nSPS) is 17.4. The number of amides is 2. The third kappa shape index (κ3) is 5.85. The van der Waals surface area contributed by atoms with Gasteiger partial charge in [0.05, 0.1) is 16.9 Å². The van der Waals surface area contributed by atoms with Crippen molar-refractivity contribution in [2.24, 2.45) is 5.92 Å². The van der Waals surface area contributed by atoms with Gasteiger partial charge in [-0.1, -0.05) is 43.7 Å². The van der Waals surface area contributed by atoms with Crippen molar-refractivity contribution in [1.29, 1.82) is 0 Å². The predicted octanol–water partition coefficient (Wildman–Crippen LogP) is 3.76. The fourth-order valence-electron chi connectivity index (χ4n) is 4.31. The standard InChI is InChI=1S/C26H35N3O4S/c1-5-29(6-2)34(32,33)24-15-13-21(14-16-24)20(4)27-25(30)23-8-7-17-28(18-23)26(31)22-11-9-19(3)10-12-22/h9-16,20,23H,5-8,17-18H2,1-4H3,(H,27,30). The molecule has 0 saturated carbocycles. The highest BCUT2D eigenvalue weighted by Gasteiger charge is 2.30. The number of piperidine rings is 1. The molecule has 1 aliphatic rings. The predicted molar refractivity (Wildman–Crippen MR) is 133 cm³/mol. The van der Waals surface area contributed by atoms with Gasteiger partial charge in [-0.3, -0.25) is 9.59 Å². The Morgan fingerprint density at radius 1 is 1.06 bits per heavy atom. The first-order valence-corrected chi connectivity index (χ1v) is 13.4. The molecule has 2 atom stereocenters. The molecule has 0 aliphatic carbocycles. The van der Waals surface area contributed by atoms with Gasteiger partial charge in [-0.15, -0.1) is 0 Å².